The number of aryl methyl sites for hydroxylation is 1. The van der Waals surface area contributed by atoms with Gasteiger partial charge in [0.1, 0.15) is 0 Å². The van der Waals surface area contributed by atoms with Crippen LogP contribution in [0.4, 0.5) is 0 Å². The van der Waals surface area contributed by atoms with E-state index in [1.54, 1.807) is 0 Å². The van der Waals surface area contributed by atoms with Gasteiger partial charge in [-0.25, -0.2) is 0 Å². The number of aromatic nitrogens is 2. The minimum atomic E-state index is -0.0417. The Balaban J connectivity index is 2.06. The third kappa shape index (κ3) is 3.53. The first kappa shape index (κ1) is 19.6. The minimum absolute atomic E-state index is 0.0417. The zero-order valence-electron chi connectivity index (χ0n) is 18.6. The smallest absolute Gasteiger partial charge is 0.0746 e. The molecule has 2 heteroatoms. The van der Waals surface area contributed by atoms with Gasteiger partial charge in [-0.3, -0.25) is 9.97 Å². The number of hydrogen-bond donors (Lipinski definition) is 0. The van der Waals surface area contributed by atoms with Crippen molar-refractivity contribution in [2.45, 2.75) is 59.3 Å². The van der Waals surface area contributed by atoms with Gasteiger partial charge in [0.25, 0.3) is 0 Å². The topological polar surface area (TPSA) is 25.8 Å². The minimum Gasteiger partial charge on any atom is -0.256 e. The number of pyridine rings is 2. The molecule has 0 saturated heterocycles. The molecule has 4 aromatic rings. The van der Waals surface area contributed by atoms with E-state index in [9.17, 15) is 0 Å². The summed E-state index contributed by atoms with van der Waals surface area (Å²) in [6.45, 7) is 15.8. The van der Waals surface area contributed by atoms with E-state index in [1.165, 1.54) is 38.4 Å². The van der Waals surface area contributed by atoms with Crippen molar-refractivity contribution < 1.29 is 0 Å². The average molecular weight is 383 g/mol. The molecule has 0 radical (unpaired) electrons. The normalized spacial score (nSPS) is 12.7. The zero-order valence-corrected chi connectivity index (χ0v) is 18.6. The molecule has 0 N–H and O–H groups in total. The Hall–Kier alpha value is -2.74. The molecule has 0 spiro atoms. The van der Waals surface area contributed by atoms with E-state index in [1.807, 2.05) is 18.5 Å². The molecule has 0 unspecified atom stereocenters. The predicted molar refractivity (Wildman–Crippen MR) is 125 cm³/mol. The van der Waals surface area contributed by atoms with Crippen LogP contribution in [-0.2, 0) is 10.8 Å². The molecular weight excluding hydrogens is 352 g/mol. The summed E-state index contributed by atoms with van der Waals surface area (Å²) in [6, 6.07) is 15.3. The van der Waals surface area contributed by atoms with Gasteiger partial charge in [0.15, 0.2) is 0 Å². The van der Waals surface area contributed by atoms with E-state index >= 15 is 0 Å². The highest BCUT2D eigenvalue weighted by atomic mass is 14.7. The molecular formula is C27H30N2. The first-order valence-corrected chi connectivity index (χ1v) is 10.4. The van der Waals surface area contributed by atoms with Crippen molar-refractivity contribution in [2.24, 2.45) is 0 Å². The Morgan fingerprint density at radius 3 is 2.21 bits per heavy atom. The quantitative estimate of drug-likeness (QED) is 0.344. The largest absolute Gasteiger partial charge is 0.256 e. The molecule has 2 aromatic carbocycles. The van der Waals surface area contributed by atoms with Crippen molar-refractivity contribution >= 4 is 21.7 Å². The lowest BCUT2D eigenvalue weighted by Crippen LogP contribution is -2.15. The van der Waals surface area contributed by atoms with Crippen LogP contribution in [0.25, 0.3) is 32.9 Å². The molecule has 0 atom stereocenters. The van der Waals surface area contributed by atoms with Crippen LogP contribution >= 0.6 is 0 Å². The highest BCUT2D eigenvalue weighted by Crippen LogP contribution is 2.39. The van der Waals surface area contributed by atoms with E-state index in [2.05, 4.69) is 84.9 Å². The van der Waals surface area contributed by atoms with E-state index in [0.29, 0.717) is 0 Å². The summed E-state index contributed by atoms with van der Waals surface area (Å²) in [5, 5.41) is 3.66. The van der Waals surface area contributed by atoms with E-state index < -0.39 is 0 Å². The van der Waals surface area contributed by atoms with Crippen LogP contribution < -0.4 is 0 Å². The number of rotatable bonds is 1. The maximum absolute atomic E-state index is 4.89. The molecule has 0 amide bonds. The van der Waals surface area contributed by atoms with Gasteiger partial charge in [-0.05, 0) is 52.5 Å². The summed E-state index contributed by atoms with van der Waals surface area (Å²) >= 11 is 0. The molecule has 4 rings (SSSR count). The van der Waals surface area contributed by atoms with E-state index in [0.717, 1.165) is 11.2 Å². The van der Waals surface area contributed by atoms with Crippen molar-refractivity contribution in [1.29, 1.82) is 0 Å². The maximum atomic E-state index is 4.89. The Kier molecular flexibility index (Phi) is 4.49. The van der Waals surface area contributed by atoms with E-state index in [-0.39, 0.29) is 10.8 Å². The molecule has 0 saturated carbocycles. The summed E-state index contributed by atoms with van der Waals surface area (Å²) in [6.07, 6.45) is 3.91. The van der Waals surface area contributed by atoms with Crippen molar-refractivity contribution in [1.82, 2.24) is 9.97 Å². The predicted octanol–water partition coefficient (Wildman–Crippen LogP) is 7.35. The fraction of sp³-hybridized carbons (Fsp3) is 0.333. The third-order valence-electron chi connectivity index (χ3n) is 5.59. The van der Waals surface area contributed by atoms with Gasteiger partial charge in [0, 0.05) is 28.7 Å². The number of hydrogen-bond acceptors (Lipinski definition) is 2. The Labute approximate surface area is 174 Å². The van der Waals surface area contributed by atoms with Gasteiger partial charge in [0.2, 0.25) is 0 Å². The SMILES string of the molecule is Cc1cc(C(C)(C)C)c2cc(-c3ccc4cccnc4c3C(C)(C)C)ncc2c1. The third-order valence-corrected chi connectivity index (χ3v) is 5.59. The van der Waals surface area contributed by atoms with Gasteiger partial charge in [-0.1, -0.05) is 71.4 Å². The fourth-order valence-corrected chi connectivity index (χ4v) is 4.29. The molecule has 2 nitrogen and oxygen atoms in total. The first-order chi connectivity index (χ1) is 13.6. The van der Waals surface area contributed by atoms with Crippen LogP contribution in [-0.4, -0.2) is 9.97 Å². The van der Waals surface area contributed by atoms with Crippen molar-refractivity contribution in [2.75, 3.05) is 0 Å². The lowest BCUT2D eigenvalue weighted by atomic mass is 9.80. The summed E-state index contributed by atoms with van der Waals surface area (Å²) < 4.78 is 0. The van der Waals surface area contributed by atoms with Gasteiger partial charge in [-0.15, -0.1) is 0 Å². The Morgan fingerprint density at radius 2 is 1.52 bits per heavy atom. The molecule has 0 bridgehead atoms. The molecule has 0 fully saturated rings. The molecule has 2 heterocycles. The molecule has 29 heavy (non-hydrogen) atoms. The first-order valence-electron chi connectivity index (χ1n) is 10.4. The lowest BCUT2D eigenvalue weighted by Gasteiger charge is -2.25. The molecule has 148 valence electrons. The second-order valence-electron chi connectivity index (χ2n) is 10.2. The highest BCUT2D eigenvalue weighted by molar-refractivity contribution is 5.93. The molecule has 0 aliphatic heterocycles. The summed E-state index contributed by atoms with van der Waals surface area (Å²) in [5.41, 5.74) is 7.19. The Morgan fingerprint density at radius 1 is 0.759 bits per heavy atom. The molecule has 2 aromatic heterocycles. The van der Waals surface area contributed by atoms with Crippen LogP contribution in [0.5, 0.6) is 0 Å². The number of nitrogens with zero attached hydrogens (tertiary/aromatic N) is 2. The molecule has 0 aliphatic rings. The summed E-state index contributed by atoms with van der Waals surface area (Å²) in [4.78, 5) is 9.63. The monoisotopic (exact) mass is 382 g/mol. The van der Waals surface area contributed by atoms with E-state index in [4.69, 9.17) is 9.97 Å². The molecule has 0 aliphatic carbocycles. The van der Waals surface area contributed by atoms with Gasteiger partial charge >= 0.3 is 0 Å². The van der Waals surface area contributed by atoms with Crippen LogP contribution in [0.2, 0.25) is 0 Å². The van der Waals surface area contributed by atoms with Gasteiger partial charge < -0.3 is 0 Å². The van der Waals surface area contributed by atoms with Crippen LogP contribution in [0, 0.1) is 6.92 Å². The second kappa shape index (κ2) is 6.66. The van der Waals surface area contributed by atoms with Crippen LogP contribution in [0.3, 0.4) is 0 Å². The van der Waals surface area contributed by atoms with Crippen LogP contribution in [0.15, 0.2) is 54.9 Å². The summed E-state index contributed by atoms with van der Waals surface area (Å²) in [7, 11) is 0. The van der Waals surface area contributed by atoms with Gasteiger partial charge in [-0.2, -0.15) is 0 Å². The number of benzene rings is 2. The maximum Gasteiger partial charge on any atom is 0.0746 e. The number of fused-ring (bicyclic) bond motifs is 2. The highest BCUT2D eigenvalue weighted by Gasteiger charge is 2.24. The standard InChI is InChI=1S/C27H30N2/c1-17-13-19-16-29-23(15-21(19)22(14-17)26(2,3)4)20-11-10-18-9-8-12-28-25(18)24(20)27(5,6)7/h8-16H,1-7H3. The summed E-state index contributed by atoms with van der Waals surface area (Å²) in [5.74, 6) is 0. The lowest BCUT2D eigenvalue weighted by molar-refractivity contribution is 0.594. The Bertz CT molecular complexity index is 1220. The average Bonchev–Trinajstić information content (AvgIpc) is 2.64. The van der Waals surface area contributed by atoms with Crippen LogP contribution in [0.1, 0.15) is 58.2 Å². The fourth-order valence-electron chi connectivity index (χ4n) is 4.29. The van der Waals surface area contributed by atoms with Crippen molar-refractivity contribution in [3.8, 4) is 11.3 Å². The van der Waals surface area contributed by atoms with Crippen molar-refractivity contribution in [3.63, 3.8) is 0 Å². The second-order valence-corrected chi connectivity index (χ2v) is 10.2. The zero-order chi connectivity index (χ0) is 21.0. The van der Waals surface area contributed by atoms with Crippen molar-refractivity contribution in [3.05, 3.63) is 71.5 Å². The van der Waals surface area contributed by atoms with Gasteiger partial charge in [0.05, 0.1) is 11.2 Å².